The smallest absolute Gasteiger partial charge is 0.252 e. The Morgan fingerprint density at radius 2 is 1.85 bits per heavy atom. The maximum atomic E-state index is 12.8. The Kier molecular flexibility index (Phi) is 3.96. The molecule has 0 fully saturated rings. The molecule has 0 aliphatic rings. The van der Waals surface area contributed by atoms with Crippen LogP contribution < -0.4 is 5.32 Å². The van der Waals surface area contributed by atoms with Crippen molar-refractivity contribution in [1.82, 2.24) is 29.9 Å². The highest BCUT2D eigenvalue weighted by Crippen LogP contribution is 2.24. The molecule has 0 aliphatic carbocycles. The Morgan fingerprint density at radius 1 is 1.08 bits per heavy atom. The molecule has 130 valence electrons. The van der Waals surface area contributed by atoms with E-state index in [1.165, 1.54) is 0 Å². The van der Waals surface area contributed by atoms with Crippen LogP contribution in [0, 0.1) is 0 Å². The van der Waals surface area contributed by atoms with Crippen LogP contribution in [0.4, 0.5) is 0 Å². The van der Waals surface area contributed by atoms with Gasteiger partial charge in [0.2, 0.25) is 0 Å². The second-order valence-electron chi connectivity index (χ2n) is 6.18. The number of aromatic nitrogens is 5. The molecule has 0 saturated carbocycles. The topological polar surface area (TPSA) is 77.6 Å². The quantitative estimate of drug-likeness (QED) is 0.615. The Hall–Kier alpha value is -3.48. The van der Waals surface area contributed by atoms with E-state index in [-0.39, 0.29) is 5.91 Å². The highest BCUT2D eigenvalue weighted by molar-refractivity contribution is 6.07. The number of hydrogen-bond acceptors (Lipinski definition) is 4. The lowest BCUT2D eigenvalue weighted by Gasteiger charge is -2.09. The molecule has 0 atom stereocenters. The molecular weight excluding hydrogens is 328 g/mol. The number of benzene rings is 1. The van der Waals surface area contributed by atoms with Gasteiger partial charge in [0.25, 0.3) is 5.91 Å². The van der Waals surface area contributed by atoms with Crippen molar-refractivity contribution in [2.45, 2.75) is 6.54 Å². The summed E-state index contributed by atoms with van der Waals surface area (Å²) in [7, 11) is 3.70. The first-order chi connectivity index (χ1) is 12.6. The molecule has 1 aromatic carbocycles. The molecule has 1 amide bonds. The first kappa shape index (κ1) is 16.0. The van der Waals surface area contributed by atoms with Crippen molar-refractivity contribution in [3.63, 3.8) is 0 Å². The number of nitrogens with one attached hydrogen (secondary N) is 1. The normalized spacial score (nSPS) is 11.0. The number of para-hydroxylation sites is 1. The van der Waals surface area contributed by atoms with Gasteiger partial charge in [-0.05, 0) is 12.1 Å². The van der Waals surface area contributed by atoms with Gasteiger partial charge < -0.3 is 5.32 Å². The number of aryl methyl sites for hydroxylation is 2. The highest BCUT2D eigenvalue weighted by Gasteiger charge is 2.14. The Bertz CT molecular complexity index is 1090. The van der Waals surface area contributed by atoms with Gasteiger partial charge in [0, 0.05) is 49.5 Å². The number of pyridine rings is 1. The van der Waals surface area contributed by atoms with E-state index in [4.69, 9.17) is 0 Å². The molecule has 26 heavy (non-hydrogen) atoms. The number of amides is 1. The van der Waals surface area contributed by atoms with Crippen LogP contribution in [0.25, 0.3) is 22.2 Å². The minimum Gasteiger partial charge on any atom is -0.348 e. The molecule has 4 aromatic rings. The fourth-order valence-corrected chi connectivity index (χ4v) is 2.91. The first-order valence-electron chi connectivity index (χ1n) is 8.25. The monoisotopic (exact) mass is 346 g/mol. The second-order valence-corrected chi connectivity index (χ2v) is 6.18. The van der Waals surface area contributed by atoms with E-state index in [0.717, 1.165) is 27.7 Å². The maximum absolute atomic E-state index is 12.8. The van der Waals surface area contributed by atoms with Gasteiger partial charge in [-0.1, -0.05) is 18.2 Å². The molecule has 0 radical (unpaired) electrons. The molecule has 7 heteroatoms. The van der Waals surface area contributed by atoms with E-state index in [1.54, 1.807) is 21.8 Å². The van der Waals surface area contributed by atoms with Crippen molar-refractivity contribution in [2.24, 2.45) is 14.1 Å². The minimum atomic E-state index is -0.141. The molecule has 7 nitrogen and oxygen atoms in total. The second kappa shape index (κ2) is 6.44. The molecule has 0 aliphatic heterocycles. The average Bonchev–Trinajstić information content (AvgIpc) is 3.27. The van der Waals surface area contributed by atoms with Crippen LogP contribution in [-0.4, -0.2) is 30.5 Å². The van der Waals surface area contributed by atoms with Gasteiger partial charge in [-0.25, -0.2) is 4.98 Å². The van der Waals surface area contributed by atoms with Crippen LogP contribution in [0.2, 0.25) is 0 Å². The number of carbonyl (C=O) groups excluding carboxylic acids is 1. The lowest BCUT2D eigenvalue weighted by atomic mass is 10.0. The van der Waals surface area contributed by atoms with Crippen LogP contribution in [0.15, 0.2) is 55.1 Å². The summed E-state index contributed by atoms with van der Waals surface area (Å²) in [6.07, 6.45) is 7.25. The van der Waals surface area contributed by atoms with E-state index in [0.29, 0.717) is 12.1 Å². The molecule has 3 heterocycles. The van der Waals surface area contributed by atoms with Crippen molar-refractivity contribution in [2.75, 3.05) is 0 Å². The van der Waals surface area contributed by atoms with E-state index in [9.17, 15) is 4.79 Å². The van der Waals surface area contributed by atoms with Gasteiger partial charge in [-0.3, -0.25) is 14.2 Å². The number of carbonyl (C=O) groups is 1. The van der Waals surface area contributed by atoms with Crippen LogP contribution in [-0.2, 0) is 20.6 Å². The fourth-order valence-electron chi connectivity index (χ4n) is 2.91. The zero-order valence-corrected chi connectivity index (χ0v) is 14.5. The minimum absolute atomic E-state index is 0.141. The summed E-state index contributed by atoms with van der Waals surface area (Å²) in [6, 6.07) is 9.46. The molecule has 1 N–H and O–H groups in total. The standard InChI is InChI=1S/C19H18N6O/c1-24-11-13(9-21-24)8-20-19(26)16-7-18(14-10-22-25(2)12-14)23-17-6-4-3-5-15(16)17/h3-7,9-12H,8H2,1-2H3,(H,20,26). The summed E-state index contributed by atoms with van der Waals surface area (Å²) in [5.41, 5.74) is 3.92. The summed E-state index contributed by atoms with van der Waals surface area (Å²) < 4.78 is 3.43. The van der Waals surface area contributed by atoms with Crippen molar-refractivity contribution < 1.29 is 4.79 Å². The number of nitrogens with zero attached hydrogens (tertiary/aromatic N) is 5. The number of fused-ring (bicyclic) bond motifs is 1. The lowest BCUT2D eigenvalue weighted by Crippen LogP contribution is -2.23. The van der Waals surface area contributed by atoms with Gasteiger partial charge in [-0.2, -0.15) is 10.2 Å². The SMILES string of the molecule is Cn1cc(CNC(=O)c2cc(-c3cnn(C)c3)nc3ccccc23)cn1. The highest BCUT2D eigenvalue weighted by atomic mass is 16.1. The Labute approximate surface area is 150 Å². The van der Waals surface area contributed by atoms with Gasteiger partial charge in [0.05, 0.1) is 29.2 Å². The summed E-state index contributed by atoms with van der Waals surface area (Å²) in [5.74, 6) is -0.141. The molecule has 0 spiro atoms. The zero-order valence-electron chi connectivity index (χ0n) is 14.5. The Balaban J connectivity index is 1.71. The van der Waals surface area contributed by atoms with Crippen molar-refractivity contribution in [3.8, 4) is 11.3 Å². The molecule has 0 unspecified atom stereocenters. The largest absolute Gasteiger partial charge is 0.348 e. The molecule has 0 saturated heterocycles. The third-order valence-corrected chi connectivity index (χ3v) is 4.17. The molecular formula is C19H18N6O. The van der Waals surface area contributed by atoms with Gasteiger partial charge in [-0.15, -0.1) is 0 Å². The van der Waals surface area contributed by atoms with Gasteiger partial charge >= 0.3 is 0 Å². The van der Waals surface area contributed by atoms with E-state index < -0.39 is 0 Å². The van der Waals surface area contributed by atoms with E-state index in [2.05, 4.69) is 20.5 Å². The van der Waals surface area contributed by atoms with Crippen LogP contribution in [0.1, 0.15) is 15.9 Å². The van der Waals surface area contributed by atoms with Crippen molar-refractivity contribution >= 4 is 16.8 Å². The summed E-state index contributed by atoms with van der Waals surface area (Å²) in [4.78, 5) is 17.5. The van der Waals surface area contributed by atoms with E-state index >= 15 is 0 Å². The van der Waals surface area contributed by atoms with Crippen LogP contribution >= 0.6 is 0 Å². The summed E-state index contributed by atoms with van der Waals surface area (Å²) >= 11 is 0. The predicted molar refractivity (Wildman–Crippen MR) is 98.3 cm³/mol. The number of hydrogen-bond donors (Lipinski definition) is 1. The van der Waals surface area contributed by atoms with Crippen molar-refractivity contribution in [1.29, 1.82) is 0 Å². The third-order valence-electron chi connectivity index (χ3n) is 4.17. The molecule has 0 bridgehead atoms. The van der Waals surface area contributed by atoms with Crippen LogP contribution in [0.5, 0.6) is 0 Å². The zero-order chi connectivity index (χ0) is 18.1. The predicted octanol–water partition coefficient (Wildman–Crippen LogP) is 2.30. The maximum Gasteiger partial charge on any atom is 0.252 e. The fraction of sp³-hybridized carbons (Fsp3) is 0.158. The third kappa shape index (κ3) is 3.06. The molecule has 4 rings (SSSR count). The van der Waals surface area contributed by atoms with Gasteiger partial charge in [0.1, 0.15) is 0 Å². The van der Waals surface area contributed by atoms with E-state index in [1.807, 2.05) is 56.8 Å². The Morgan fingerprint density at radius 3 is 2.58 bits per heavy atom. The van der Waals surface area contributed by atoms with Crippen LogP contribution in [0.3, 0.4) is 0 Å². The number of rotatable bonds is 4. The summed E-state index contributed by atoms with van der Waals surface area (Å²) in [6.45, 7) is 0.422. The summed E-state index contributed by atoms with van der Waals surface area (Å²) in [5, 5.41) is 12.1. The first-order valence-corrected chi connectivity index (χ1v) is 8.25. The lowest BCUT2D eigenvalue weighted by molar-refractivity contribution is 0.0952. The average molecular weight is 346 g/mol. The van der Waals surface area contributed by atoms with Gasteiger partial charge in [0.15, 0.2) is 0 Å². The van der Waals surface area contributed by atoms with Crippen molar-refractivity contribution in [3.05, 3.63) is 66.2 Å². The molecule has 3 aromatic heterocycles.